The summed E-state index contributed by atoms with van der Waals surface area (Å²) in [5.41, 5.74) is 4.27. The maximum atomic E-state index is 2.53. The van der Waals surface area contributed by atoms with Crippen molar-refractivity contribution < 1.29 is 57.7 Å². The van der Waals surface area contributed by atoms with E-state index in [2.05, 4.69) is 97.7 Å². The number of benzene rings is 1. The van der Waals surface area contributed by atoms with Gasteiger partial charge in [0.05, 0.1) is 0 Å². The summed E-state index contributed by atoms with van der Waals surface area (Å²) in [4.78, 5) is 0. The van der Waals surface area contributed by atoms with E-state index >= 15 is 0 Å². The Hall–Kier alpha value is 0.501. The number of hydrogen-bond acceptors (Lipinski definition) is 0. The van der Waals surface area contributed by atoms with Crippen LogP contribution in [0.1, 0.15) is 25.0 Å². The minimum absolute atomic E-state index is 0. The fourth-order valence-electron chi connectivity index (χ4n) is 2.91. The molecule has 0 N–H and O–H groups in total. The molecule has 1 atom stereocenters. The van der Waals surface area contributed by atoms with Gasteiger partial charge in [-0.25, -0.2) is 0 Å². The number of aryl methyl sites for hydroxylation is 2. The van der Waals surface area contributed by atoms with Crippen LogP contribution >= 0.6 is 0 Å². The molecule has 0 saturated heterocycles. The minimum atomic E-state index is -1.58. The summed E-state index contributed by atoms with van der Waals surface area (Å²) < 4.78 is 0.229. The first-order valence-corrected chi connectivity index (χ1v) is 11.2. The molecular formula is C18H25Cl3SiTi. The van der Waals surface area contributed by atoms with Crippen LogP contribution in [0.4, 0.5) is 0 Å². The maximum absolute atomic E-state index is 2.53. The molecule has 0 nitrogen and oxygen atoms in total. The van der Waals surface area contributed by atoms with Gasteiger partial charge in [-0.1, -0.05) is 0 Å². The second-order valence-corrected chi connectivity index (χ2v) is 13.7. The van der Waals surface area contributed by atoms with Gasteiger partial charge in [-0.2, -0.15) is 0 Å². The summed E-state index contributed by atoms with van der Waals surface area (Å²) >= 11 is 2.42. The van der Waals surface area contributed by atoms with Gasteiger partial charge in [-0.3, -0.25) is 0 Å². The Labute approximate surface area is 173 Å². The maximum Gasteiger partial charge on any atom is -1.00 e. The zero-order valence-corrected chi connectivity index (χ0v) is 19.5. The number of hydrogen-bond donors (Lipinski definition) is 0. The molecule has 0 spiro atoms. The van der Waals surface area contributed by atoms with Crippen LogP contribution in [0.3, 0.4) is 0 Å². The van der Waals surface area contributed by atoms with Gasteiger partial charge in [-0.15, -0.1) is 0 Å². The summed E-state index contributed by atoms with van der Waals surface area (Å²) in [5, 5.41) is 1.57. The third-order valence-corrected chi connectivity index (χ3v) is 12.1. The average Bonchev–Trinajstić information content (AvgIpc) is 2.72. The average molecular weight is 424 g/mol. The van der Waals surface area contributed by atoms with Gasteiger partial charge in [0.15, 0.2) is 0 Å². The van der Waals surface area contributed by atoms with E-state index in [-0.39, 0.29) is 40.6 Å². The molecule has 23 heavy (non-hydrogen) atoms. The van der Waals surface area contributed by atoms with Crippen molar-refractivity contribution in [2.75, 3.05) is 0 Å². The predicted molar refractivity (Wildman–Crippen MR) is 87.8 cm³/mol. The van der Waals surface area contributed by atoms with E-state index in [1.807, 2.05) is 0 Å². The Kier molecular flexibility index (Phi) is 10.4. The molecule has 0 fully saturated rings. The minimum Gasteiger partial charge on any atom is -1.00 e. The molecule has 1 unspecified atom stereocenters. The van der Waals surface area contributed by atoms with E-state index < -0.39 is 8.07 Å². The molecule has 0 aliphatic heterocycles. The molecule has 1 aliphatic rings. The Morgan fingerprint density at radius 1 is 0.957 bits per heavy atom. The van der Waals surface area contributed by atoms with Crippen LogP contribution in [0, 0.1) is 19.8 Å². The predicted octanol–water partition coefficient (Wildman–Crippen LogP) is -4.37. The molecule has 126 valence electrons. The molecule has 0 heterocycles. The fourth-order valence-corrected chi connectivity index (χ4v) is 6.66. The van der Waals surface area contributed by atoms with Crippen molar-refractivity contribution in [3.05, 3.63) is 53.1 Å². The largest absolute Gasteiger partial charge is 1.00 e. The topological polar surface area (TPSA) is 0 Å². The third kappa shape index (κ3) is 5.24. The van der Waals surface area contributed by atoms with Crippen molar-refractivity contribution in [2.45, 2.75) is 44.1 Å². The SMILES string of the molecule is Cc1cc(C)cc([Si](C)(C)[C]2([Ti+3])C=CC(C(C)C)=C2)c1.[Cl-].[Cl-].[Cl-]. The van der Waals surface area contributed by atoms with Gasteiger partial charge < -0.3 is 37.2 Å². The van der Waals surface area contributed by atoms with Gasteiger partial charge in [-0.05, 0) is 0 Å². The smallest absolute Gasteiger partial charge is 1.00 e. The van der Waals surface area contributed by atoms with Crippen molar-refractivity contribution in [1.82, 2.24) is 0 Å². The van der Waals surface area contributed by atoms with E-state index in [0.717, 1.165) is 0 Å². The monoisotopic (exact) mass is 422 g/mol. The molecule has 1 aliphatic carbocycles. The van der Waals surface area contributed by atoms with Gasteiger partial charge in [0.2, 0.25) is 0 Å². The molecule has 0 aromatic heterocycles. The third-order valence-electron chi connectivity index (χ3n) is 4.58. The zero-order valence-electron chi connectivity index (χ0n) is 14.7. The Morgan fingerprint density at radius 3 is 1.83 bits per heavy atom. The van der Waals surface area contributed by atoms with E-state index in [1.54, 1.807) is 5.19 Å². The molecule has 0 saturated carbocycles. The van der Waals surface area contributed by atoms with Crippen LogP contribution in [-0.2, 0) is 20.4 Å². The quantitative estimate of drug-likeness (QED) is 0.431. The molecule has 0 amide bonds. The summed E-state index contributed by atoms with van der Waals surface area (Å²) in [5.74, 6) is 0.622. The van der Waals surface area contributed by atoms with Gasteiger partial charge in [0, 0.05) is 0 Å². The second kappa shape index (κ2) is 9.27. The summed E-state index contributed by atoms with van der Waals surface area (Å²) in [6, 6.07) is 7.08. The first-order valence-electron chi connectivity index (χ1n) is 7.41. The zero-order chi connectivity index (χ0) is 15.1. The van der Waals surface area contributed by atoms with E-state index in [9.17, 15) is 0 Å². The van der Waals surface area contributed by atoms with Crippen molar-refractivity contribution in [3.63, 3.8) is 0 Å². The molecule has 0 radical (unpaired) electrons. The molecule has 5 heteroatoms. The van der Waals surface area contributed by atoms with Crippen molar-refractivity contribution in [1.29, 1.82) is 0 Å². The van der Waals surface area contributed by atoms with Crippen LogP contribution in [-0.4, -0.2) is 8.07 Å². The first-order chi connectivity index (χ1) is 9.15. The molecule has 1 aromatic rings. The standard InChI is InChI=1S/C18H25Si.3ClH.Ti/c1-13(2)16-7-8-17(12-16)19(5,6)18-10-14(3)9-15(4)11-18;;;;/h7-13H,1-6H3;3*1H;/q;;;;+3/p-3. The Balaban J connectivity index is 0. The van der Waals surface area contributed by atoms with Gasteiger partial charge in [0.25, 0.3) is 0 Å². The summed E-state index contributed by atoms with van der Waals surface area (Å²) in [6.07, 6.45) is 7.33. The van der Waals surface area contributed by atoms with Gasteiger partial charge in [0.1, 0.15) is 0 Å². The fraction of sp³-hybridized carbons (Fsp3) is 0.444. The summed E-state index contributed by atoms with van der Waals surface area (Å²) in [6.45, 7) is 14.0. The van der Waals surface area contributed by atoms with Crippen LogP contribution in [0.5, 0.6) is 0 Å². The van der Waals surface area contributed by atoms with Crippen LogP contribution in [0.2, 0.25) is 16.4 Å². The molecule has 2 rings (SSSR count). The molecule has 0 bridgehead atoms. The van der Waals surface area contributed by atoms with E-state index in [0.29, 0.717) is 5.92 Å². The number of halogens is 3. The van der Waals surface area contributed by atoms with Crippen LogP contribution in [0.15, 0.2) is 42.0 Å². The van der Waals surface area contributed by atoms with E-state index in [1.165, 1.54) is 16.7 Å². The molecule has 1 aromatic carbocycles. The first kappa shape index (κ1) is 25.7. The van der Waals surface area contributed by atoms with Crippen LogP contribution < -0.4 is 42.4 Å². The summed E-state index contributed by atoms with van der Waals surface area (Å²) in [7, 11) is -1.58. The van der Waals surface area contributed by atoms with Crippen molar-refractivity contribution in [2.24, 2.45) is 5.92 Å². The van der Waals surface area contributed by atoms with E-state index in [4.69, 9.17) is 0 Å². The molecular weight excluding hydrogens is 399 g/mol. The van der Waals surface area contributed by atoms with Crippen molar-refractivity contribution >= 4 is 13.3 Å². The van der Waals surface area contributed by atoms with Gasteiger partial charge >= 0.3 is 137 Å². The number of allylic oxidation sites excluding steroid dienone is 4. The number of rotatable bonds is 3. The second-order valence-electron chi connectivity index (χ2n) is 7.00. The Morgan fingerprint density at radius 2 is 1.43 bits per heavy atom. The van der Waals surface area contributed by atoms with Crippen molar-refractivity contribution in [3.8, 4) is 0 Å². The normalized spacial score (nSPS) is 19.6. The Bertz CT molecular complexity index is 574. The van der Waals surface area contributed by atoms with Crippen LogP contribution in [0.25, 0.3) is 0 Å².